The van der Waals surface area contributed by atoms with E-state index in [1.165, 1.54) is 6.07 Å². The Balaban J connectivity index is 1.98. The van der Waals surface area contributed by atoms with Crippen molar-refractivity contribution in [2.75, 3.05) is 11.1 Å². The molecule has 9 heteroatoms. The van der Waals surface area contributed by atoms with Crippen LogP contribution in [0.4, 0.5) is 21.8 Å². The number of aromatic nitrogens is 6. The number of H-pyrrole nitrogens is 1. The molecule has 24 heavy (non-hydrogen) atoms. The fraction of sp³-hybridized carbons (Fsp3) is 0.0667. The maximum Gasteiger partial charge on any atom is 0.175 e. The number of imidazole rings is 1. The molecule has 0 amide bonds. The number of anilines is 3. The SMILES string of the molecule is Cc1nc(N)cc(-c2c(Nc3cc[nH]n3)nc3c(F)cccn23)n1. The van der Waals surface area contributed by atoms with Gasteiger partial charge in [-0.05, 0) is 19.1 Å². The predicted molar refractivity (Wildman–Crippen MR) is 87.2 cm³/mol. The number of hydrogen-bond donors (Lipinski definition) is 3. The van der Waals surface area contributed by atoms with Gasteiger partial charge in [0.2, 0.25) is 0 Å². The van der Waals surface area contributed by atoms with Crippen molar-refractivity contribution in [3.8, 4) is 11.4 Å². The third kappa shape index (κ3) is 2.32. The third-order valence-corrected chi connectivity index (χ3v) is 3.45. The van der Waals surface area contributed by atoms with Crippen LogP contribution in [-0.2, 0) is 0 Å². The largest absolute Gasteiger partial charge is 0.384 e. The van der Waals surface area contributed by atoms with Crippen LogP contribution in [0.25, 0.3) is 17.0 Å². The first-order valence-corrected chi connectivity index (χ1v) is 7.17. The van der Waals surface area contributed by atoms with E-state index in [9.17, 15) is 4.39 Å². The Hall–Kier alpha value is -3.49. The smallest absolute Gasteiger partial charge is 0.175 e. The highest BCUT2D eigenvalue weighted by Crippen LogP contribution is 2.31. The summed E-state index contributed by atoms with van der Waals surface area (Å²) in [6.07, 6.45) is 3.38. The predicted octanol–water partition coefficient (Wildman–Crippen LogP) is 2.29. The lowest BCUT2D eigenvalue weighted by molar-refractivity contribution is 0.630. The second-order valence-corrected chi connectivity index (χ2v) is 5.17. The molecule has 0 spiro atoms. The molecule has 0 atom stereocenters. The molecule has 0 aliphatic rings. The zero-order valence-electron chi connectivity index (χ0n) is 12.7. The van der Waals surface area contributed by atoms with Crippen molar-refractivity contribution in [3.05, 3.63) is 48.3 Å². The summed E-state index contributed by atoms with van der Waals surface area (Å²) in [5.41, 5.74) is 7.13. The lowest BCUT2D eigenvalue weighted by Crippen LogP contribution is -2.01. The van der Waals surface area contributed by atoms with Crippen LogP contribution in [0.2, 0.25) is 0 Å². The second-order valence-electron chi connectivity index (χ2n) is 5.17. The topological polar surface area (TPSA) is 110 Å². The Morgan fingerprint density at radius 1 is 1.25 bits per heavy atom. The van der Waals surface area contributed by atoms with E-state index < -0.39 is 5.82 Å². The number of nitrogens with zero attached hydrogens (tertiary/aromatic N) is 5. The Kier molecular flexibility index (Phi) is 3.12. The molecular formula is C15H13FN8. The molecule has 0 aliphatic carbocycles. The van der Waals surface area contributed by atoms with E-state index in [2.05, 4.69) is 30.5 Å². The number of hydrogen-bond acceptors (Lipinski definition) is 6. The summed E-state index contributed by atoms with van der Waals surface area (Å²) < 4.78 is 15.8. The second kappa shape index (κ2) is 5.30. The molecule has 120 valence electrons. The van der Waals surface area contributed by atoms with Crippen LogP contribution >= 0.6 is 0 Å². The number of pyridine rings is 1. The molecule has 0 fully saturated rings. The first-order chi connectivity index (χ1) is 11.6. The Morgan fingerprint density at radius 2 is 2.12 bits per heavy atom. The fourth-order valence-corrected chi connectivity index (χ4v) is 2.53. The van der Waals surface area contributed by atoms with Gasteiger partial charge in [0.05, 0.1) is 5.69 Å². The molecule has 4 heterocycles. The molecular weight excluding hydrogens is 311 g/mol. The average molecular weight is 324 g/mol. The Labute approximate surface area is 135 Å². The van der Waals surface area contributed by atoms with Crippen molar-refractivity contribution in [1.82, 2.24) is 29.5 Å². The number of aryl methyl sites for hydroxylation is 1. The van der Waals surface area contributed by atoms with Gasteiger partial charge in [0.25, 0.3) is 0 Å². The molecule has 0 bridgehead atoms. The van der Waals surface area contributed by atoms with Gasteiger partial charge >= 0.3 is 0 Å². The van der Waals surface area contributed by atoms with Crippen LogP contribution in [0.1, 0.15) is 5.82 Å². The normalized spacial score (nSPS) is 11.1. The highest BCUT2D eigenvalue weighted by atomic mass is 19.1. The Bertz CT molecular complexity index is 1000. The van der Waals surface area contributed by atoms with Crippen LogP contribution in [0.3, 0.4) is 0 Å². The van der Waals surface area contributed by atoms with Gasteiger partial charge in [-0.25, -0.2) is 19.3 Å². The van der Waals surface area contributed by atoms with Crippen LogP contribution in [-0.4, -0.2) is 29.5 Å². The minimum absolute atomic E-state index is 0.181. The van der Waals surface area contributed by atoms with Crippen LogP contribution < -0.4 is 11.1 Å². The summed E-state index contributed by atoms with van der Waals surface area (Å²) >= 11 is 0. The van der Waals surface area contributed by atoms with E-state index in [-0.39, 0.29) is 5.65 Å². The van der Waals surface area contributed by atoms with Gasteiger partial charge in [0.1, 0.15) is 17.3 Å². The molecule has 0 saturated heterocycles. The summed E-state index contributed by atoms with van der Waals surface area (Å²) in [6, 6.07) is 6.31. The summed E-state index contributed by atoms with van der Waals surface area (Å²) in [5.74, 6) is 1.38. The molecule has 0 radical (unpaired) electrons. The number of nitrogens with two attached hydrogens (primary N) is 1. The van der Waals surface area contributed by atoms with Crippen molar-refractivity contribution in [2.45, 2.75) is 6.92 Å². The molecule has 4 N–H and O–H groups in total. The minimum Gasteiger partial charge on any atom is -0.384 e. The van der Waals surface area contributed by atoms with E-state index in [1.807, 2.05) is 0 Å². The van der Waals surface area contributed by atoms with Gasteiger partial charge in [0, 0.05) is 24.5 Å². The molecule has 0 unspecified atom stereocenters. The van der Waals surface area contributed by atoms with Crippen molar-refractivity contribution in [2.24, 2.45) is 0 Å². The van der Waals surface area contributed by atoms with Crippen LogP contribution in [0.15, 0.2) is 36.7 Å². The fourth-order valence-electron chi connectivity index (χ4n) is 2.53. The van der Waals surface area contributed by atoms with Crippen molar-refractivity contribution in [1.29, 1.82) is 0 Å². The molecule has 8 nitrogen and oxygen atoms in total. The first-order valence-electron chi connectivity index (χ1n) is 7.17. The number of nitrogens with one attached hydrogen (secondary N) is 2. The van der Waals surface area contributed by atoms with Gasteiger partial charge in [-0.2, -0.15) is 5.10 Å². The van der Waals surface area contributed by atoms with Gasteiger partial charge in [-0.3, -0.25) is 9.50 Å². The van der Waals surface area contributed by atoms with E-state index in [1.54, 1.807) is 41.9 Å². The number of aromatic amines is 1. The maximum absolute atomic E-state index is 14.1. The summed E-state index contributed by atoms with van der Waals surface area (Å²) in [6.45, 7) is 1.74. The highest BCUT2D eigenvalue weighted by molar-refractivity contribution is 5.78. The van der Waals surface area contributed by atoms with Crippen molar-refractivity contribution >= 4 is 23.1 Å². The molecule has 4 aromatic heterocycles. The van der Waals surface area contributed by atoms with Crippen LogP contribution in [0, 0.1) is 12.7 Å². The standard InChI is InChI=1S/C15H13FN8/c1-8-19-10(7-11(17)20-8)13-14(21-12-4-5-18-23-12)22-15-9(16)3-2-6-24(13)15/h2-7H,1H3,(H2,17,19,20)(H2,18,21,23). The lowest BCUT2D eigenvalue weighted by atomic mass is 10.2. The average Bonchev–Trinajstić information content (AvgIpc) is 3.15. The summed E-state index contributed by atoms with van der Waals surface area (Å²) in [4.78, 5) is 12.8. The third-order valence-electron chi connectivity index (χ3n) is 3.45. The van der Waals surface area contributed by atoms with E-state index in [4.69, 9.17) is 5.73 Å². The zero-order valence-corrected chi connectivity index (χ0v) is 12.7. The van der Waals surface area contributed by atoms with E-state index in [0.29, 0.717) is 34.7 Å². The molecule has 4 aromatic rings. The van der Waals surface area contributed by atoms with E-state index >= 15 is 0 Å². The van der Waals surface area contributed by atoms with Crippen LogP contribution in [0.5, 0.6) is 0 Å². The zero-order chi connectivity index (χ0) is 16.7. The van der Waals surface area contributed by atoms with Gasteiger partial charge < -0.3 is 11.1 Å². The minimum atomic E-state index is -0.437. The maximum atomic E-state index is 14.1. The molecule has 0 saturated carbocycles. The number of fused-ring (bicyclic) bond motifs is 1. The Morgan fingerprint density at radius 3 is 2.88 bits per heavy atom. The monoisotopic (exact) mass is 324 g/mol. The highest BCUT2D eigenvalue weighted by Gasteiger charge is 2.19. The summed E-state index contributed by atoms with van der Waals surface area (Å²) in [7, 11) is 0. The summed E-state index contributed by atoms with van der Waals surface area (Å²) in [5, 5.41) is 9.81. The van der Waals surface area contributed by atoms with Gasteiger partial charge in [0.15, 0.2) is 23.1 Å². The van der Waals surface area contributed by atoms with Crippen molar-refractivity contribution in [3.63, 3.8) is 0 Å². The number of nitrogen functional groups attached to an aromatic ring is 1. The van der Waals surface area contributed by atoms with Gasteiger partial charge in [-0.1, -0.05) is 0 Å². The quantitative estimate of drug-likeness (QED) is 0.533. The molecule has 4 rings (SSSR count). The number of rotatable bonds is 3. The van der Waals surface area contributed by atoms with E-state index in [0.717, 1.165) is 0 Å². The number of halogens is 1. The van der Waals surface area contributed by atoms with Crippen molar-refractivity contribution < 1.29 is 4.39 Å². The first kappa shape index (κ1) is 14.1. The van der Waals surface area contributed by atoms with Gasteiger partial charge in [-0.15, -0.1) is 0 Å². The lowest BCUT2D eigenvalue weighted by Gasteiger charge is -2.07. The molecule has 0 aliphatic heterocycles. The molecule has 0 aromatic carbocycles.